The van der Waals surface area contributed by atoms with Crippen molar-refractivity contribution in [2.75, 3.05) is 12.4 Å². The maximum Gasteiger partial charge on any atom is 0.159 e. The zero-order valence-corrected chi connectivity index (χ0v) is 17.6. The van der Waals surface area contributed by atoms with Crippen LogP contribution in [0.15, 0.2) is 36.4 Å². The van der Waals surface area contributed by atoms with E-state index >= 15 is 0 Å². The molecule has 0 radical (unpaired) electrons. The van der Waals surface area contributed by atoms with Crippen LogP contribution in [0.25, 0.3) is 33.5 Å². The molecular formula is C24H28N6. The van der Waals surface area contributed by atoms with Crippen LogP contribution in [0.5, 0.6) is 0 Å². The van der Waals surface area contributed by atoms with Gasteiger partial charge in [0.15, 0.2) is 5.82 Å². The molecule has 2 atom stereocenters. The largest absolute Gasteiger partial charge is 0.382 e. The van der Waals surface area contributed by atoms with Crippen LogP contribution in [0, 0.1) is 6.92 Å². The van der Waals surface area contributed by atoms with Gasteiger partial charge in [-0.05, 0) is 70.0 Å². The molecule has 2 bridgehead atoms. The average molecular weight is 401 g/mol. The Labute approximate surface area is 176 Å². The standard InChI is InChI=1S/C24H28N6/c1-14-6-8-20-19(10-14)23(29-28-20)24-26-21-9-7-15(13-22(21)27-24)25-16-11-17-4-3-5-18(12-16)30(17)2/h6-10,13,16-18,25H,3-5,11-12H2,1-2H3,(H,26,27)(H,28,29). The van der Waals surface area contributed by atoms with Gasteiger partial charge >= 0.3 is 0 Å². The number of rotatable bonds is 3. The Kier molecular flexibility index (Phi) is 4.09. The summed E-state index contributed by atoms with van der Waals surface area (Å²) < 4.78 is 0. The maximum absolute atomic E-state index is 4.81. The molecule has 2 unspecified atom stereocenters. The van der Waals surface area contributed by atoms with Crippen LogP contribution in [0.4, 0.5) is 5.69 Å². The Morgan fingerprint density at radius 1 is 1.03 bits per heavy atom. The molecule has 4 heterocycles. The van der Waals surface area contributed by atoms with Gasteiger partial charge in [0.2, 0.25) is 0 Å². The van der Waals surface area contributed by atoms with E-state index in [1.165, 1.54) is 43.4 Å². The van der Waals surface area contributed by atoms with Crippen molar-refractivity contribution in [3.63, 3.8) is 0 Å². The Hall–Kier alpha value is -2.86. The van der Waals surface area contributed by atoms with Crippen molar-refractivity contribution >= 4 is 27.6 Å². The summed E-state index contributed by atoms with van der Waals surface area (Å²) in [6.45, 7) is 2.10. The number of hydrogen-bond acceptors (Lipinski definition) is 4. The molecule has 2 fully saturated rings. The van der Waals surface area contributed by atoms with Gasteiger partial charge in [0.1, 0.15) is 5.69 Å². The van der Waals surface area contributed by atoms with Gasteiger partial charge in [0.25, 0.3) is 0 Å². The summed E-state index contributed by atoms with van der Waals surface area (Å²) in [5.74, 6) is 0.813. The summed E-state index contributed by atoms with van der Waals surface area (Å²) in [6, 6.07) is 14.8. The lowest BCUT2D eigenvalue weighted by Gasteiger charge is -2.47. The van der Waals surface area contributed by atoms with Crippen molar-refractivity contribution in [1.29, 1.82) is 0 Å². The van der Waals surface area contributed by atoms with E-state index in [2.05, 4.69) is 75.8 Å². The highest BCUT2D eigenvalue weighted by molar-refractivity contribution is 5.93. The number of piperidine rings is 2. The Balaban J connectivity index is 1.28. The molecule has 154 valence electrons. The van der Waals surface area contributed by atoms with Crippen LogP contribution in [-0.4, -0.2) is 50.2 Å². The van der Waals surface area contributed by atoms with Gasteiger partial charge in [-0.3, -0.25) is 5.10 Å². The molecule has 0 spiro atoms. The van der Waals surface area contributed by atoms with E-state index < -0.39 is 0 Å². The molecule has 30 heavy (non-hydrogen) atoms. The van der Waals surface area contributed by atoms with Crippen LogP contribution in [0.1, 0.15) is 37.7 Å². The molecule has 6 heteroatoms. The third kappa shape index (κ3) is 2.98. The molecular weight excluding hydrogens is 372 g/mol. The first-order valence-electron chi connectivity index (χ1n) is 11.1. The van der Waals surface area contributed by atoms with Gasteiger partial charge in [-0.2, -0.15) is 5.10 Å². The number of fused-ring (bicyclic) bond motifs is 4. The van der Waals surface area contributed by atoms with Crippen molar-refractivity contribution in [2.45, 2.75) is 57.2 Å². The van der Waals surface area contributed by atoms with E-state index in [9.17, 15) is 0 Å². The van der Waals surface area contributed by atoms with E-state index in [0.717, 1.165) is 45.5 Å². The summed E-state index contributed by atoms with van der Waals surface area (Å²) >= 11 is 0. The molecule has 2 aliphatic heterocycles. The first kappa shape index (κ1) is 18.0. The average Bonchev–Trinajstić information content (AvgIpc) is 3.31. The molecule has 6 nitrogen and oxygen atoms in total. The molecule has 3 N–H and O–H groups in total. The summed E-state index contributed by atoms with van der Waals surface area (Å²) in [4.78, 5) is 10.9. The zero-order valence-electron chi connectivity index (χ0n) is 17.6. The SMILES string of the molecule is Cc1ccc2[nH]nc(-c3nc4ccc(NC5CC6CCCC(C5)N6C)cc4[nH]3)c2c1. The molecule has 4 aromatic rings. The molecule has 0 amide bonds. The maximum atomic E-state index is 4.81. The Bertz CT molecular complexity index is 1210. The van der Waals surface area contributed by atoms with Gasteiger partial charge in [-0.25, -0.2) is 4.98 Å². The molecule has 0 saturated carbocycles. The number of anilines is 1. The summed E-state index contributed by atoms with van der Waals surface area (Å²) in [5.41, 5.74) is 6.32. The van der Waals surface area contributed by atoms with Crippen molar-refractivity contribution in [3.05, 3.63) is 42.0 Å². The number of aromatic amines is 2. The molecule has 6 rings (SSSR count). The number of nitrogens with zero attached hydrogens (tertiary/aromatic N) is 3. The summed E-state index contributed by atoms with van der Waals surface area (Å²) in [6.07, 6.45) is 6.53. The predicted octanol–water partition coefficient (Wildman–Crippen LogP) is 4.84. The highest BCUT2D eigenvalue weighted by Crippen LogP contribution is 2.34. The van der Waals surface area contributed by atoms with E-state index in [1.807, 2.05) is 0 Å². The number of nitrogens with one attached hydrogen (secondary N) is 3. The second-order valence-corrected chi connectivity index (χ2v) is 9.16. The van der Waals surface area contributed by atoms with Gasteiger partial charge in [-0.1, -0.05) is 18.1 Å². The minimum absolute atomic E-state index is 0.551. The lowest BCUT2D eigenvalue weighted by molar-refractivity contribution is 0.0608. The Morgan fingerprint density at radius 3 is 2.70 bits per heavy atom. The van der Waals surface area contributed by atoms with Gasteiger partial charge in [-0.15, -0.1) is 0 Å². The fraction of sp³-hybridized carbons (Fsp3) is 0.417. The van der Waals surface area contributed by atoms with Crippen LogP contribution in [0.2, 0.25) is 0 Å². The number of aryl methyl sites for hydroxylation is 1. The fourth-order valence-electron chi connectivity index (χ4n) is 5.49. The third-order valence-electron chi connectivity index (χ3n) is 7.14. The predicted molar refractivity (Wildman–Crippen MR) is 122 cm³/mol. The summed E-state index contributed by atoms with van der Waals surface area (Å²) in [5, 5.41) is 12.5. The van der Waals surface area contributed by atoms with E-state index in [0.29, 0.717) is 6.04 Å². The lowest BCUT2D eigenvalue weighted by atomic mass is 9.82. The molecule has 2 aromatic carbocycles. The molecule has 2 aromatic heterocycles. The first-order valence-corrected chi connectivity index (χ1v) is 11.1. The molecule has 2 saturated heterocycles. The number of imidazole rings is 1. The van der Waals surface area contributed by atoms with Crippen molar-refractivity contribution in [2.24, 2.45) is 0 Å². The number of H-pyrrole nitrogens is 2. The number of hydrogen-bond donors (Lipinski definition) is 3. The minimum atomic E-state index is 0.551. The van der Waals surface area contributed by atoms with E-state index in [1.54, 1.807) is 0 Å². The van der Waals surface area contributed by atoms with Crippen molar-refractivity contribution in [3.8, 4) is 11.5 Å². The quantitative estimate of drug-likeness (QED) is 0.460. The normalized spacial score (nSPS) is 24.5. The number of benzene rings is 2. The summed E-state index contributed by atoms with van der Waals surface area (Å²) in [7, 11) is 2.31. The topological polar surface area (TPSA) is 72.6 Å². The van der Waals surface area contributed by atoms with Crippen molar-refractivity contribution < 1.29 is 0 Å². The van der Waals surface area contributed by atoms with Crippen LogP contribution >= 0.6 is 0 Å². The second kappa shape index (κ2) is 6.84. The molecule has 2 aliphatic rings. The zero-order chi connectivity index (χ0) is 20.2. The van der Waals surface area contributed by atoms with Gasteiger partial charge in [0.05, 0.1) is 16.6 Å². The van der Waals surface area contributed by atoms with Crippen LogP contribution in [0.3, 0.4) is 0 Å². The molecule has 0 aliphatic carbocycles. The highest BCUT2D eigenvalue weighted by Gasteiger charge is 2.35. The first-order chi connectivity index (χ1) is 14.6. The number of aromatic nitrogens is 4. The van der Waals surface area contributed by atoms with E-state index in [4.69, 9.17) is 4.98 Å². The monoisotopic (exact) mass is 400 g/mol. The second-order valence-electron chi connectivity index (χ2n) is 9.16. The van der Waals surface area contributed by atoms with E-state index in [-0.39, 0.29) is 0 Å². The fourth-order valence-corrected chi connectivity index (χ4v) is 5.49. The smallest absolute Gasteiger partial charge is 0.159 e. The van der Waals surface area contributed by atoms with Gasteiger partial charge < -0.3 is 15.2 Å². The van der Waals surface area contributed by atoms with Crippen LogP contribution < -0.4 is 5.32 Å². The Morgan fingerprint density at radius 2 is 1.87 bits per heavy atom. The lowest BCUT2D eigenvalue weighted by Crippen LogP contribution is -2.52. The van der Waals surface area contributed by atoms with Gasteiger partial charge in [0, 0.05) is 29.2 Å². The third-order valence-corrected chi connectivity index (χ3v) is 7.14. The van der Waals surface area contributed by atoms with Crippen molar-refractivity contribution in [1.82, 2.24) is 25.1 Å². The minimum Gasteiger partial charge on any atom is -0.382 e. The van der Waals surface area contributed by atoms with Crippen LogP contribution in [-0.2, 0) is 0 Å². The highest BCUT2D eigenvalue weighted by atomic mass is 15.2.